The van der Waals surface area contributed by atoms with Gasteiger partial charge in [0.05, 0.1) is 35.7 Å². The number of allylic oxidation sites excluding steroid dienone is 4. The molecule has 1 radical (unpaired) electrons. The fraction of sp³-hybridized carbons (Fsp3) is 0.491. The van der Waals surface area contributed by atoms with E-state index in [1.54, 1.807) is 13.1 Å². The molecule has 4 aromatic heterocycles. The van der Waals surface area contributed by atoms with E-state index in [1.807, 2.05) is 26.0 Å². The van der Waals surface area contributed by atoms with Crippen LogP contribution in [0.25, 0.3) is 44.4 Å². The van der Waals surface area contributed by atoms with Gasteiger partial charge in [0.15, 0.2) is 0 Å². The second kappa shape index (κ2) is 29.6. The number of amides is 2. The summed E-state index contributed by atoms with van der Waals surface area (Å²) in [5, 5.41) is 15.4. The van der Waals surface area contributed by atoms with Crippen LogP contribution in [0.15, 0.2) is 36.8 Å². The number of aromatic amines is 3. The van der Waals surface area contributed by atoms with Gasteiger partial charge in [-0.15, -0.1) is 0 Å². The number of H-pyrrole nitrogens is 3. The van der Waals surface area contributed by atoms with Crippen molar-refractivity contribution in [3.8, 4) is 0 Å². The summed E-state index contributed by atoms with van der Waals surface area (Å²) >= 11 is 0. The predicted octanol–water partition coefficient (Wildman–Crippen LogP) is 1.21. The molecule has 387 valence electrons. The van der Waals surface area contributed by atoms with Gasteiger partial charge in [0.2, 0.25) is 11.8 Å². The third-order valence-electron chi connectivity index (χ3n) is 13.3. The van der Waals surface area contributed by atoms with Crippen molar-refractivity contribution in [2.45, 2.75) is 164 Å². The number of ether oxygens (including phenoxy) is 1. The van der Waals surface area contributed by atoms with Crippen molar-refractivity contribution in [3.05, 3.63) is 87.5 Å². The first-order chi connectivity index (χ1) is 32.2. The zero-order valence-corrected chi connectivity index (χ0v) is 45.6. The summed E-state index contributed by atoms with van der Waals surface area (Å²) in [6.07, 6.45) is 14.4. The van der Waals surface area contributed by atoms with Crippen LogP contribution in [0.1, 0.15) is 169 Å². The third-order valence-corrected chi connectivity index (χ3v) is 13.3. The molecule has 0 aromatic carbocycles. The second-order valence-electron chi connectivity index (χ2n) is 18.0. The molecule has 6 heterocycles. The minimum absolute atomic E-state index is 0. The molecule has 0 fully saturated rings. The van der Waals surface area contributed by atoms with Crippen molar-refractivity contribution in [3.63, 3.8) is 0 Å². The van der Waals surface area contributed by atoms with Gasteiger partial charge >= 0.3 is 29.0 Å². The molecule has 2 aliphatic rings. The number of imidazole rings is 1. The molecule has 6 rings (SSSR count). The Labute approximate surface area is 447 Å². The summed E-state index contributed by atoms with van der Waals surface area (Å²) in [5.74, 6) is -2.29. The van der Waals surface area contributed by atoms with Crippen molar-refractivity contribution in [2.75, 3.05) is 6.61 Å². The number of aliphatic carboxylic acids is 1. The van der Waals surface area contributed by atoms with Crippen molar-refractivity contribution in [1.82, 2.24) is 40.5 Å². The number of rotatable bonds is 23. The molecule has 71 heavy (non-hydrogen) atoms. The molecule has 18 heteroatoms. The molecule has 2 atom stereocenters. The molecule has 2 aliphatic heterocycles. The average Bonchev–Trinajstić information content (AvgIpc) is 4.10. The van der Waals surface area contributed by atoms with Crippen molar-refractivity contribution < 1.29 is 83.3 Å². The first kappa shape index (κ1) is 62.2. The smallest absolute Gasteiger partial charge is 1.00 e. The second-order valence-corrected chi connectivity index (χ2v) is 18.0. The maximum absolute atomic E-state index is 13.7. The molecule has 0 saturated heterocycles. The fourth-order valence-electron chi connectivity index (χ4n) is 9.22. The number of fused-ring (bicyclic) bond motifs is 8. The summed E-state index contributed by atoms with van der Waals surface area (Å²) in [4.78, 5) is 77.1. The fourth-order valence-corrected chi connectivity index (χ4v) is 9.22. The first-order valence-electron chi connectivity index (χ1n) is 24.3. The Bertz CT molecular complexity index is 2690. The monoisotopic (exact) mass is 1080 g/mol. The number of aryl methyl sites for hydroxylation is 4. The van der Waals surface area contributed by atoms with Gasteiger partial charge in [-0.2, -0.15) is 0 Å². The summed E-state index contributed by atoms with van der Waals surface area (Å²) in [7, 11) is 0. The molecular formula is C53H70Cl3FeN8O6. The number of carbonyl (C=O) groups is 4. The van der Waals surface area contributed by atoms with E-state index in [0.717, 1.165) is 99.0 Å². The van der Waals surface area contributed by atoms with E-state index in [0.29, 0.717) is 23.5 Å². The van der Waals surface area contributed by atoms with Gasteiger partial charge in [-0.3, -0.25) is 14.4 Å². The van der Waals surface area contributed by atoms with Gasteiger partial charge in [-0.25, -0.2) is 19.7 Å². The van der Waals surface area contributed by atoms with Crippen LogP contribution in [0, 0.1) is 13.8 Å². The minimum atomic E-state index is -0.971. The number of aromatic nitrogens is 6. The summed E-state index contributed by atoms with van der Waals surface area (Å²) in [6.45, 7) is 16.6. The van der Waals surface area contributed by atoms with E-state index >= 15 is 0 Å². The van der Waals surface area contributed by atoms with Crippen LogP contribution >= 0.6 is 0 Å². The van der Waals surface area contributed by atoms with Gasteiger partial charge in [0.25, 0.3) is 0 Å². The number of nitrogens with one attached hydrogen (secondary N) is 5. The quantitative estimate of drug-likeness (QED) is 0.0358. The van der Waals surface area contributed by atoms with E-state index in [9.17, 15) is 24.3 Å². The summed E-state index contributed by atoms with van der Waals surface area (Å²) in [5.41, 5.74) is 15.6. The Morgan fingerprint density at radius 1 is 0.676 bits per heavy atom. The molecule has 4 aromatic rings. The maximum atomic E-state index is 13.7. The van der Waals surface area contributed by atoms with Crippen LogP contribution in [0.5, 0.6) is 0 Å². The third kappa shape index (κ3) is 16.0. The van der Waals surface area contributed by atoms with Crippen LogP contribution in [-0.4, -0.2) is 77.5 Å². The van der Waals surface area contributed by atoms with Gasteiger partial charge < -0.3 is 72.7 Å². The SMILES string of the molecule is CCCCCCCCCCOC(=O)C(Cc1cnc[nH]1)NC(=O)C(C)NC(=O)CCC1=C(C)c2cc3[nH]c(cc4[nH]c(cc5nc(cc1n2)C(CCC(=O)O)=C5C)c(C)c4CC)c(C)c3CC.[Cl-].[Cl-].[Cl-].[Fe+3]. The summed E-state index contributed by atoms with van der Waals surface area (Å²) in [6, 6.07) is 6.29. The Morgan fingerprint density at radius 3 is 1.73 bits per heavy atom. The Morgan fingerprint density at radius 2 is 1.20 bits per heavy atom. The maximum Gasteiger partial charge on any atom is 3.00 e. The topological polar surface area (TPSA) is 208 Å². The standard InChI is InChI=1S/C53H70N8O6.3ClH.Fe/c1-9-12-13-14-15-16-17-18-23-67-53(66)49(24-36-29-54-30-55-36)61-52(65)35(8)56-50(62)21-19-39-33(6)44-27-46-38(11-3)32(5)43(58-46)26-45-37(10-2)31(4)41(57-45)25-42-34(7)40(20-22-51(63)64)48(59-42)28-47(39)60-44;;;;/h25-30,35,49,57-58H,9-24H2,1-8H3,(H,54,55)(H,56,62)(H,61,65)(H,63,64);3*1H;/q;;;;+3/p-3. The van der Waals surface area contributed by atoms with Crippen LogP contribution in [-0.2, 0) is 60.2 Å². The number of hydrogen-bond donors (Lipinski definition) is 6. The normalized spacial score (nSPS) is 12.7. The van der Waals surface area contributed by atoms with Gasteiger partial charge in [-0.1, -0.05) is 65.7 Å². The minimum Gasteiger partial charge on any atom is -1.00 e. The number of esters is 1. The molecule has 14 nitrogen and oxygen atoms in total. The average molecular weight is 1080 g/mol. The van der Waals surface area contributed by atoms with Gasteiger partial charge in [0.1, 0.15) is 12.1 Å². The van der Waals surface area contributed by atoms with Crippen molar-refractivity contribution in [2.24, 2.45) is 0 Å². The number of hydrogen-bond acceptors (Lipinski definition) is 8. The van der Waals surface area contributed by atoms with Crippen LogP contribution in [0.2, 0.25) is 0 Å². The number of carboxylic acid groups (broad SMARTS) is 1. The zero-order chi connectivity index (χ0) is 48.2. The molecule has 0 spiro atoms. The van der Waals surface area contributed by atoms with E-state index in [4.69, 9.17) is 14.7 Å². The number of carboxylic acids is 1. The number of carbonyl (C=O) groups excluding carboxylic acids is 3. The van der Waals surface area contributed by atoms with E-state index in [2.05, 4.69) is 77.3 Å². The molecule has 2 unspecified atom stereocenters. The Hall–Kier alpha value is -4.92. The zero-order valence-electron chi connectivity index (χ0n) is 42.3. The van der Waals surface area contributed by atoms with Crippen molar-refractivity contribution in [1.29, 1.82) is 0 Å². The molecule has 2 amide bonds. The van der Waals surface area contributed by atoms with E-state index < -0.39 is 29.9 Å². The largest absolute Gasteiger partial charge is 3.00 e. The van der Waals surface area contributed by atoms with E-state index in [-0.39, 0.29) is 92.5 Å². The van der Waals surface area contributed by atoms with Gasteiger partial charge in [-0.05, 0) is 136 Å². The van der Waals surface area contributed by atoms with Gasteiger partial charge in [0, 0.05) is 53.2 Å². The first-order valence-corrected chi connectivity index (χ1v) is 24.3. The van der Waals surface area contributed by atoms with Crippen molar-refractivity contribution >= 4 is 68.1 Å². The summed E-state index contributed by atoms with van der Waals surface area (Å²) < 4.78 is 5.63. The Balaban J connectivity index is 0.00000432. The molecular weight excluding hydrogens is 1010 g/mol. The van der Waals surface area contributed by atoms with Crippen LogP contribution in [0.4, 0.5) is 0 Å². The molecule has 6 N–H and O–H groups in total. The number of halogens is 3. The predicted molar refractivity (Wildman–Crippen MR) is 266 cm³/mol. The number of unbranched alkanes of at least 4 members (excludes halogenated alkanes) is 7. The Kier molecular flexibility index (Phi) is 25.9. The number of nitrogens with zero attached hydrogens (tertiary/aromatic N) is 3. The molecule has 0 saturated carbocycles. The van der Waals surface area contributed by atoms with Crippen LogP contribution in [0.3, 0.4) is 0 Å². The van der Waals surface area contributed by atoms with E-state index in [1.165, 1.54) is 49.6 Å². The van der Waals surface area contributed by atoms with Crippen LogP contribution < -0.4 is 47.9 Å². The molecule has 0 aliphatic carbocycles. The molecule has 8 bridgehead atoms.